The predicted molar refractivity (Wildman–Crippen MR) is 96.5 cm³/mol. The zero-order chi connectivity index (χ0) is 17.9. The van der Waals surface area contributed by atoms with Crippen molar-refractivity contribution >= 4 is 23.4 Å². The van der Waals surface area contributed by atoms with Crippen LogP contribution in [0.3, 0.4) is 0 Å². The molecule has 1 aromatic rings. The number of hydrogen-bond acceptors (Lipinski definition) is 3. The Bertz CT molecular complexity index is 643. The molecule has 0 radical (unpaired) electrons. The summed E-state index contributed by atoms with van der Waals surface area (Å²) in [5.41, 5.74) is -0.164. The van der Waals surface area contributed by atoms with Crippen LogP contribution in [0.4, 0.5) is 0 Å². The van der Waals surface area contributed by atoms with Crippen LogP contribution in [0.25, 0.3) is 0 Å². The molecule has 0 aromatic heterocycles. The monoisotopic (exact) mass is 364 g/mol. The number of ether oxygens (including phenoxy) is 1. The summed E-state index contributed by atoms with van der Waals surface area (Å²) in [6.07, 6.45) is 5.54. The minimum absolute atomic E-state index is 0.139. The van der Waals surface area contributed by atoms with Gasteiger partial charge in [0.1, 0.15) is 11.8 Å². The molecule has 2 aliphatic rings. The second-order valence-corrected chi connectivity index (χ2v) is 7.25. The number of halogens is 1. The lowest BCUT2D eigenvalue weighted by atomic mass is 9.89. The van der Waals surface area contributed by atoms with Crippen LogP contribution in [-0.2, 0) is 9.53 Å². The van der Waals surface area contributed by atoms with Gasteiger partial charge in [0.15, 0.2) is 0 Å². The lowest BCUT2D eigenvalue weighted by Crippen LogP contribution is -2.56. The molecule has 1 aromatic carbocycles. The van der Waals surface area contributed by atoms with Gasteiger partial charge < -0.3 is 10.1 Å². The van der Waals surface area contributed by atoms with Gasteiger partial charge >= 0.3 is 0 Å². The maximum atomic E-state index is 13.3. The standard InChI is InChI=1S/C19H25ClN2O3/c1-2-11-21-17(23)16-13-25-19(9-4-3-5-10-19)22(16)18(24)14-7-6-8-15(20)12-14/h6-8,12,16H,2-5,9-11,13H2,1H3,(H,21,23)/t16-/m0/s1. The third-order valence-electron chi connectivity index (χ3n) is 5.04. The number of amides is 2. The Labute approximate surface area is 153 Å². The topological polar surface area (TPSA) is 58.6 Å². The van der Waals surface area contributed by atoms with Gasteiger partial charge in [0.2, 0.25) is 5.91 Å². The van der Waals surface area contributed by atoms with Crippen LogP contribution >= 0.6 is 11.6 Å². The summed E-state index contributed by atoms with van der Waals surface area (Å²) in [5, 5.41) is 3.41. The van der Waals surface area contributed by atoms with Gasteiger partial charge in [0.05, 0.1) is 6.61 Å². The van der Waals surface area contributed by atoms with Crippen LogP contribution in [0, 0.1) is 0 Å². The second kappa shape index (κ2) is 7.75. The summed E-state index contributed by atoms with van der Waals surface area (Å²) in [5.74, 6) is -0.321. The normalized spacial score (nSPS) is 22.2. The van der Waals surface area contributed by atoms with E-state index in [2.05, 4.69) is 5.32 Å². The minimum Gasteiger partial charge on any atom is -0.354 e. The van der Waals surface area contributed by atoms with Crippen molar-refractivity contribution in [2.75, 3.05) is 13.2 Å². The molecule has 6 heteroatoms. The molecule has 2 fully saturated rings. The number of carbonyl (C=O) groups excluding carboxylic acids is 2. The maximum absolute atomic E-state index is 13.3. The van der Waals surface area contributed by atoms with Gasteiger partial charge in [0.25, 0.3) is 5.91 Å². The highest BCUT2D eigenvalue weighted by Crippen LogP contribution is 2.41. The van der Waals surface area contributed by atoms with Crippen LogP contribution in [0.1, 0.15) is 55.8 Å². The molecule has 25 heavy (non-hydrogen) atoms. The van der Waals surface area contributed by atoms with Crippen molar-refractivity contribution in [1.82, 2.24) is 10.2 Å². The van der Waals surface area contributed by atoms with Crippen molar-refractivity contribution in [1.29, 1.82) is 0 Å². The Morgan fingerprint density at radius 2 is 2.08 bits per heavy atom. The van der Waals surface area contributed by atoms with E-state index in [0.29, 0.717) is 17.1 Å². The van der Waals surface area contributed by atoms with Gasteiger partial charge in [-0.15, -0.1) is 0 Å². The fourth-order valence-corrected chi connectivity index (χ4v) is 3.99. The van der Waals surface area contributed by atoms with Crippen molar-refractivity contribution in [2.24, 2.45) is 0 Å². The number of benzene rings is 1. The number of carbonyl (C=O) groups is 2. The Kier molecular flexibility index (Phi) is 5.64. The summed E-state index contributed by atoms with van der Waals surface area (Å²) in [7, 11) is 0. The molecule has 1 saturated heterocycles. The largest absolute Gasteiger partial charge is 0.354 e. The summed E-state index contributed by atoms with van der Waals surface area (Å²) in [6.45, 7) is 2.85. The van der Waals surface area contributed by atoms with E-state index in [4.69, 9.17) is 16.3 Å². The van der Waals surface area contributed by atoms with Crippen molar-refractivity contribution in [2.45, 2.75) is 57.2 Å². The van der Waals surface area contributed by atoms with E-state index >= 15 is 0 Å². The van der Waals surface area contributed by atoms with Crippen LogP contribution in [0.5, 0.6) is 0 Å². The van der Waals surface area contributed by atoms with Gasteiger partial charge in [-0.2, -0.15) is 0 Å². The van der Waals surface area contributed by atoms with E-state index < -0.39 is 11.8 Å². The van der Waals surface area contributed by atoms with Crippen LogP contribution < -0.4 is 5.32 Å². The molecular formula is C19H25ClN2O3. The Morgan fingerprint density at radius 1 is 1.32 bits per heavy atom. The van der Waals surface area contributed by atoms with E-state index in [1.54, 1.807) is 29.2 Å². The maximum Gasteiger partial charge on any atom is 0.256 e. The lowest BCUT2D eigenvalue weighted by Gasteiger charge is -2.41. The molecular weight excluding hydrogens is 340 g/mol. The number of nitrogens with one attached hydrogen (secondary N) is 1. The van der Waals surface area contributed by atoms with Crippen molar-refractivity contribution in [3.8, 4) is 0 Å². The first-order chi connectivity index (χ1) is 12.1. The predicted octanol–water partition coefficient (Wildman–Crippen LogP) is 3.37. The first kappa shape index (κ1) is 18.2. The van der Waals surface area contributed by atoms with Gasteiger partial charge in [-0.05, 0) is 50.3 Å². The first-order valence-electron chi connectivity index (χ1n) is 9.08. The third kappa shape index (κ3) is 3.67. The van der Waals surface area contributed by atoms with Crippen LogP contribution in [0.15, 0.2) is 24.3 Å². The molecule has 0 unspecified atom stereocenters. The number of hydrogen-bond donors (Lipinski definition) is 1. The molecule has 2 amide bonds. The smallest absolute Gasteiger partial charge is 0.256 e. The Hall–Kier alpha value is -1.59. The highest BCUT2D eigenvalue weighted by Gasteiger charge is 2.52. The zero-order valence-corrected chi connectivity index (χ0v) is 15.3. The Balaban J connectivity index is 1.91. The molecule has 136 valence electrons. The molecule has 1 saturated carbocycles. The zero-order valence-electron chi connectivity index (χ0n) is 14.6. The minimum atomic E-state index is -0.661. The molecule has 1 atom stereocenters. The fourth-order valence-electron chi connectivity index (χ4n) is 3.80. The average molecular weight is 365 g/mol. The van der Waals surface area contributed by atoms with Gasteiger partial charge in [-0.1, -0.05) is 31.0 Å². The molecule has 1 spiro atoms. The number of rotatable bonds is 4. The van der Waals surface area contributed by atoms with E-state index in [9.17, 15) is 9.59 Å². The van der Waals surface area contributed by atoms with Crippen molar-refractivity contribution < 1.29 is 14.3 Å². The molecule has 1 heterocycles. The average Bonchev–Trinajstić information content (AvgIpc) is 2.98. The second-order valence-electron chi connectivity index (χ2n) is 6.81. The lowest BCUT2D eigenvalue weighted by molar-refractivity contribution is -0.127. The van der Waals surface area contributed by atoms with E-state index in [1.165, 1.54) is 0 Å². The van der Waals surface area contributed by atoms with Crippen LogP contribution in [0.2, 0.25) is 5.02 Å². The molecule has 1 aliphatic heterocycles. The molecule has 1 N–H and O–H groups in total. The highest BCUT2D eigenvalue weighted by molar-refractivity contribution is 6.31. The van der Waals surface area contributed by atoms with E-state index in [1.807, 2.05) is 6.92 Å². The summed E-state index contributed by atoms with van der Waals surface area (Å²) >= 11 is 6.06. The Morgan fingerprint density at radius 3 is 2.76 bits per heavy atom. The molecule has 3 rings (SSSR count). The summed E-state index contributed by atoms with van der Waals surface area (Å²) in [4.78, 5) is 27.6. The van der Waals surface area contributed by atoms with Crippen molar-refractivity contribution in [3.63, 3.8) is 0 Å². The van der Waals surface area contributed by atoms with E-state index in [-0.39, 0.29) is 18.4 Å². The van der Waals surface area contributed by atoms with Gasteiger partial charge in [-0.25, -0.2) is 0 Å². The van der Waals surface area contributed by atoms with E-state index in [0.717, 1.165) is 38.5 Å². The molecule has 0 bridgehead atoms. The molecule has 1 aliphatic carbocycles. The SMILES string of the molecule is CCCNC(=O)[C@@H]1COC2(CCCCC2)N1C(=O)c1cccc(Cl)c1. The van der Waals surface area contributed by atoms with Gasteiger partial charge in [0, 0.05) is 17.1 Å². The van der Waals surface area contributed by atoms with Crippen molar-refractivity contribution in [3.05, 3.63) is 34.9 Å². The highest BCUT2D eigenvalue weighted by atomic mass is 35.5. The van der Waals surface area contributed by atoms with Gasteiger partial charge in [-0.3, -0.25) is 14.5 Å². The number of nitrogens with zero attached hydrogens (tertiary/aromatic N) is 1. The third-order valence-corrected chi connectivity index (χ3v) is 5.27. The quantitative estimate of drug-likeness (QED) is 0.891. The summed E-state index contributed by atoms with van der Waals surface area (Å²) in [6, 6.07) is 6.30. The summed E-state index contributed by atoms with van der Waals surface area (Å²) < 4.78 is 6.09. The fraction of sp³-hybridized carbons (Fsp3) is 0.579. The molecule has 5 nitrogen and oxygen atoms in total. The van der Waals surface area contributed by atoms with Crippen LogP contribution in [-0.4, -0.2) is 41.6 Å². The first-order valence-corrected chi connectivity index (χ1v) is 9.46.